The highest BCUT2D eigenvalue weighted by Crippen LogP contribution is 2.35. The summed E-state index contributed by atoms with van der Waals surface area (Å²) in [6.07, 6.45) is 0. The van der Waals surface area contributed by atoms with Crippen molar-refractivity contribution in [3.63, 3.8) is 0 Å². The minimum Gasteiger partial charge on any atom is -0.455 e. The van der Waals surface area contributed by atoms with E-state index in [1.807, 2.05) is 6.92 Å². The fourth-order valence-corrected chi connectivity index (χ4v) is 4.37. The normalized spacial score (nSPS) is 12.2. The number of nitrogens with zero attached hydrogens (tertiary/aromatic N) is 2. The lowest BCUT2D eigenvalue weighted by molar-refractivity contribution is 0.388. The smallest absolute Gasteiger partial charge is 0.439 e. The van der Waals surface area contributed by atoms with Gasteiger partial charge in [-0.1, -0.05) is 28.9 Å². The van der Waals surface area contributed by atoms with Crippen molar-refractivity contribution in [3.8, 4) is 22.8 Å². The molecule has 5 rings (SSSR count). The fraction of sp³-hybridized carbons (Fsp3) is 0.154. The van der Waals surface area contributed by atoms with Crippen LogP contribution in [0.5, 0.6) is 0 Å². The van der Waals surface area contributed by atoms with Gasteiger partial charge in [-0.05, 0) is 56.7 Å². The second-order valence-electron chi connectivity index (χ2n) is 8.55. The van der Waals surface area contributed by atoms with Crippen LogP contribution in [0.4, 0.5) is 14.5 Å². The Morgan fingerprint density at radius 3 is 2.49 bits per heavy atom. The molecule has 8 nitrogen and oxygen atoms in total. The zero-order valence-corrected chi connectivity index (χ0v) is 20.5. The molecule has 0 amide bonds. The van der Waals surface area contributed by atoms with Gasteiger partial charge in [-0.25, -0.2) is 18.6 Å². The van der Waals surface area contributed by atoms with Gasteiger partial charge < -0.3 is 9.73 Å². The van der Waals surface area contributed by atoms with Crippen LogP contribution in [-0.4, -0.2) is 15.1 Å². The van der Waals surface area contributed by atoms with Crippen LogP contribution in [0.15, 0.2) is 61.0 Å². The van der Waals surface area contributed by atoms with Crippen molar-refractivity contribution < 1.29 is 17.7 Å². The van der Waals surface area contributed by atoms with Gasteiger partial charge in [0.05, 0.1) is 22.7 Å². The maximum atomic E-state index is 14.6. The first kappa shape index (κ1) is 24.4. The Morgan fingerprint density at radius 1 is 1.08 bits per heavy atom. The zero-order valence-electron chi connectivity index (χ0n) is 19.8. The van der Waals surface area contributed by atoms with Crippen molar-refractivity contribution in [1.29, 1.82) is 0 Å². The van der Waals surface area contributed by atoms with Crippen LogP contribution in [0, 0.1) is 25.5 Å². The van der Waals surface area contributed by atoms with Gasteiger partial charge in [-0.15, -0.1) is 0 Å². The third kappa shape index (κ3) is 4.40. The van der Waals surface area contributed by atoms with E-state index in [1.54, 1.807) is 31.2 Å². The molecule has 0 aliphatic carbocycles. The molecule has 0 saturated carbocycles. The number of benzene rings is 2. The molecule has 0 bridgehead atoms. The summed E-state index contributed by atoms with van der Waals surface area (Å²) in [5.41, 5.74) is 1.47. The molecule has 0 unspecified atom stereocenters. The third-order valence-corrected chi connectivity index (χ3v) is 6.16. The monoisotopic (exact) mass is 524 g/mol. The van der Waals surface area contributed by atoms with E-state index in [0.29, 0.717) is 11.3 Å². The van der Waals surface area contributed by atoms with Gasteiger partial charge in [0.25, 0.3) is 0 Å². The van der Waals surface area contributed by atoms with Crippen LogP contribution in [0.25, 0.3) is 33.8 Å². The van der Waals surface area contributed by atoms with Gasteiger partial charge in [0, 0.05) is 11.1 Å². The summed E-state index contributed by atoms with van der Waals surface area (Å²) in [6, 6.07) is 9.61. The van der Waals surface area contributed by atoms with Gasteiger partial charge in [0.15, 0.2) is 5.43 Å². The van der Waals surface area contributed by atoms with Crippen LogP contribution in [0.1, 0.15) is 29.7 Å². The highest BCUT2D eigenvalue weighted by Gasteiger charge is 2.23. The van der Waals surface area contributed by atoms with E-state index in [9.17, 15) is 18.4 Å². The Balaban J connectivity index is 1.68. The number of H-pyrrole nitrogens is 1. The summed E-state index contributed by atoms with van der Waals surface area (Å²) in [5.74, 6) is -2.56. The average molecular weight is 525 g/mol. The number of aromatic nitrogens is 3. The van der Waals surface area contributed by atoms with Crippen LogP contribution < -0.4 is 16.5 Å². The van der Waals surface area contributed by atoms with Crippen molar-refractivity contribution in [2.45, 2.75) is 26.8 Å². The van der Waals surface area contributed by atoms with Crippen LogP contribution >= 0.6 is 11.6 Å². The quantitative estimate of drug-likeness (QED) is 0.274. The predicted octanol–water partition coefficient (Wildman–Crippen LogP) is 5.92. The molecule has 3 heterocycles. The molecule has 0 fully saturated rings. The second kappa shape index (κ2) is 9.29. The zero-order chi connectivity index (χ0) is 26.4. The molecular weight excluding hydrogens is 506 g/mol. The van der Waals surface area contributed by atoms with Gasteiger partial charge >= 0.3 is 5.76 Å². The number of pyridine rings is 1. The number of halogens is 3. The van der Waals surface area contributed by atoms with E-state index in [1.165, 1.54) is 13.0 Å². The maximum Gasteiger partial charge on any atom is 0.439 e. The van der Waals surface area contributed by atoms with E-state index < -0.39 is 34.4 Å². The first-order valence-electron chi connectivity index (χ1n) is 11.2. The Labute approximate surface area is 212 Å². The van der Waals surface area contributed by atoms with Gasteiger partial charge in [-0.2, -0.15) is 0 Å². The first-order valence-corrected chi connectivity index (χ1v) is 11.5. The Kier molecular flexibility index (Phi) is 6.12. The number of aromatic amines is 1. The maximum absolute atomic E-state index is 14.6. The van der Waals surface area contributed by atoms with Gasteiger partial charge in [-0.3, -0.25) is 14.3 Å². The van der Waals surface area contributed by atoms with E-state index in [2.05, 4.69) is 25.0 Å². The first-order chi connectivity index (χ1) is 17.6. The SMILES string of the molecule is Cc1cc([C@@H](C)Nc2ccc(Cl)nc2-c2noc(=O)[nH]2)c2oc(-c3c(F)cccc3F)c(C)c(=O)c2c1. The van der Waals surface area contributed by atoms with Crippen molar-refractivity contribution in [1.82, 2.24) is 15.1 Å². The second-order valence-corrected chi connectivity index (χ2v) is 8.94. The summed E-state index contributed by atoms with van der Waals surface area (Å²) in [7, 11) is 0. The summed E-state index contributed by atoms with van der Waals surface area (Å²) in [4.78, 5) is 31.5. The molecule has 37 heavy (non-hydrogen) atoms. The molecule has 0 aliphatic heterocycles. The fourth-order valence-electron chi connectivity index (χ4n) is 4.22. The van der Waals surface area contributed by atoms with Gasteiger partial charge in [0.1, 0.15) is 33.8 Å². The highest BCUT2D eigenvalue weighted by atomic mass is 35.5. The topological polar surface area (TPSA) is 114 Å². The van der Waals surface area contributed by atoms with Crippen molar-refractivity contribution >= 4 is 28.3 Å². The number of fused-ring (bicyclic) bond motifs is 1. The Hall–Kier alpha value is -4.31. The molecule has 0 aliphatic rings. The van der Waals surface area contributed by atoms with Crippen molar-refractivity contribution in [3.05, 3.63) is 96.7 Å². The summed E-state index contributed by atoms with van der Waals surface area (Å²) in [6.45, 7) is 5.10. The van der Waals surface area contributed by atoms with Gasteiger partial charge in [0.2, 0.25) is 5.82 Å². The van der Waals surface area contributed by atoms with Crippen molar-refractivity contribution in [2.24, 2.45) is 0 Å². The molecule has 11 heteroatoms. The standard InChI is InChI=1S/C26H19ClF2N4O4/c1-11-9-14(13(3)30-18-7-8-19(27)31-21(18)25-32-26(35)37-33-25)24-15(10-11)22(34)12(2)23(36-24)20-16(28)5-4-6-17(20)29/h4-10,13,30H,1-3H3,(H,32,33,35)/t13-/m1/s1. The molecule has 2 N–H and O–H groups in total. The Bertz CT molecular complexity index is 1770. The van der Waals surface area contributed by atoms with E-state index >= 15 is 0 Å². The molecule has 0 spiro atoms. The number of hydrogen-bond donors (Lipinski definition) is 2. The highest BCUT2D eigenvalue weighted by molar-refractivity contribution is 6.29. The van der Waals surface area contributed by atoms with Crippen LogP contribution in [0.2, 0.25) is 5.15 Å². The molecule has 0 saturated heterocycles. The largest absolute Gasteiger partial charge is 0.455 e. The van der Waals surface area contributed by atoms with E-state index in [0.717, 1.165) is 17.7 Å². The third-order valence-electron chi connectivity index (χ3n) is 5.95. The molecular formula is C26H19ClF2N4O4. The van der Waals surface area contributed by atoms with E-state index in [-0.39, 0.29) is 39.0 Å². The Morgan fingerprint density at radius 2 is 1.81 bits per heavy atom. The summed E-state index contributed by atoms with van der Waals surface area (Å²) < 4.78 is 39.9. The predicted molar refractivity (Wildman–Crippen MR) is 135 cm³/mol. The average Bonchev–Trinajstić information content (AvgIpc) is 3.29. The molecule has 0 radical (unpaired) electrons. The number of anilines is 1. The molecule has 3 aromatic heterocycles. The lowest BCUT2D eigenvalue weighted by Crippen LogP contribution is -2.13. The molecule has 2 aromatic carbocycles. The van der Waals surface area contributed by atoms with E-state index in [4.69, 9.17) is 16.0 Å². The number of nitrogens with one attached hydrogen (secondary N) is 2. The van der Waals surface area contributed by atoms with Crippen LogP contribution in [0.3, 0.4) is 0 Å². The molecule has 188 valence electrons. The molecule has 1 atom stereocenters. The lowest BCUT2D eigenvalue weighted by Gasteiger charge is -2.20. The lowest BCUT2D eigenvalue weighted by atomic mass is 9.98. The minimum atomic E-state index is -0.844. The van der Waals surface area contributed by atoms with Crippen LogP contribution in [-0.2, 0) is 0 Å². The summed E-state index contributed by atoms with van der Waals surface area (Å²) >= 11 is 6.06. The molecule has 5 aromatic rings. The number of hydrogen-bond acceptors (Lipinski definition) is 7. The van der Waals surface area contributed by atoms with Crippen molar-refractivity contribution in [2.75, 3.05) is 5.32 Å². The number of rotatable bonds is 5. The minimum absolute atomic E-state index is 0.0655. The number of aryl methyl sites for hydroxylation is 1. The summed E-state index contributed by atoms with van der Waals surface area (Å²) in [5, 5.41) is 7.38.